The van der Waals surface area contributed by atoms with Crippen LogP contribution in [-0.4, -0.2) is 19.5 Å². The minimum absolute atomic E-state index is 0.0241. The largest absolute Gasteiger partial charge is 0.456 e. The molecule has 63 heavy (non-hydrogen) atoms. The van der Waals surface area contributed by atoms with Crippen molar-refractivity contribution in [2.75, 3.05) is 0 Å². The third-order valence-corrected chi connectivity index (χ3v) is 11.2. The van der Waals surface area contributed by atoms with E-state index in [1.807, 2.05) is 97.1 Å². The highest BCUT2D eigenvalue weighted by atomic mass is 16.3. The van der Waals surface area contributed by atoms with Crippen LogP contribution >= 0.6 is 0 Å². The molecule has 0 N–H and O–H groups in total. The van der Waals surface area contributed by atoms with Crippen LogP contribution in [0.1, 0.15) is 20.6 Å². The predicted octanol–water partition coefficient (Wildman–Crippen LogP) is 15.1. The summed E-state index contributed by atoms with van der Waals surface area (Å²) in [5, 5.41) is 1.52. The zero-order chi connectivity index (χ0) is 54.5. The molecule has 4 heterocycles. The van der Waals surface area contributed by atoms with E-state index in [1.54, 1.807) is 12.1 Å². The molecule has 0 saturated carbocycles. The first-order valence-corrected chi connectivity index (χ1v) is 19.9. The lowest BCUT2D eigenvalue weighted by atomic mass is 9.99. The van der Waals surface area contributed by atoms with Crippen molar-refractivity contribution in [1.29, 1.82) is 0 Å². The smallest absolute Gasteiger partial charge is 0.164 e. The minimum Gasteiger partial charge on any atom is -0.456 e. The Kier molecular flexibility index (Phi) is 5.19. The summed E-state index contributed by atoms with van der Waals surface area (Å²) in [5.41, 5.74) is 2.55. The summed E-state index contributed by atoms with van der Waals surface area (Å²) in [6, 6.07) is 25.7. The Balaban J connectivity index is 1.06. The van der Waals surface area contributed by atoms with Gasteiger partial charge in [-0.3, -0.25) is 0 Å². The number of para-hydroxylation sites is 1. The van der Waals surface area contributed by atoms with Crippen molar-refractivity contribution >= 4 is 65.7 Å². The van der Waals surface area contributed by atoms with Gasteiger partial charge in [0.1, 0.15) is 22.3 Å². The van der Waals surface area contributed by atoms with Crippen LogP contribution in [0.2, 0.25) is 0 Å². The van der Waals surface area contributed by atoms with Gasteiger partial charge in [-0.25, -0.2) is 15.0 Å². The maximum Gasteiger partial charge on any atom is 0.164 e. The highest BCUT2D eigenvalue weighted by Gasteiger charge is 2.21. The van der Waals surface area contributed by atoms with Crippen molar-refractivity contribution in [1.82, 2.24) is 19.5 Å². The highest BCUT2D eigenvalue weighted by molar-refractivity contribution is 6.16. The molecule has 294 valence electrons. The Labute approximate surface area is 382 Å². The van der Waals surface area contributed by atoms with Gasteiger partial charge in [-0.2, -0.15) is 0 Å². The van der Waals surface area contributed by atoms with Crippen LogP contribution in [-0.2, 0) is 0 Å². The lowest BCUT2D eigenvalue weighted by Gasteiger charge is -2.11. The lowest BCUT2D eigenvalue weighted by molar-refractivity contribution is 0.668. The van der Waals surface area contributed by atoms with Crippen molar-refractivity contribution in [2.45, 2.75) is 0 Å². The number of hydrogen-bond acceptors (Lipinski definition) is 5. The van der Waals surface area contributed by atoms with E-state index in [0.717, 1.165) is 21.9 Å². The molecular weight excluding hydrogens is 773 g/mol. The summed E-state index contributed by atoms with van der Waals surface area (Å²) in [4.78, 5) is 14.7. The molecule has 9 aromatic carbocycles. The van der Waals surface area contributed by atoms with Crippen LogP contribution in [0.5, 0.6) is 0 Å². The Bertz CT molecular complexity index is 4780. The first-order chi connectivity index (χ1) is 37.5. The van der Waals surface area contributed by atoms with Crippen LogP contribution in [0.3, 0.4) is 0 Å². The maximum absolute atomic E-state index is 9.79. The van der Waals surface area contributed by atoms with Crippen molar-refractivity contribution in [3.05, 3.63) is 206 Å². The molecule has 0 aliphatic rings. The fourth-order valence-corrected chi connectivity index (χ4v) is 8.33. The summed E-state index contributed by atoms with van der Waals surface area (Å²) in [7, 11) is 0. The van der Waals surface area contributed by atoms with Gasteiger partial charge >= 0.3 is 0 Å². The van der Waals surface area contributed by atoms with Crippen molar-refractivity contribution in [3.63, 3.8) is 0 Å². The van der Waals surface area contributed by atoms with Crippen molar-refractivity contribution in [3.8, 4) is 62.1 Å². The number of furan rings is 2. The number of hydrogen-bond donors (Lipinski definition) is 0. The van der Waals surface area contributed by atoms with E-state index in [1.165, 1.54) is 10.6 Å². The molecular formula is C57H34N4O2. The molecule has 0 amide bonds. The molecule has 0 fully saturated rings. The summed E-state index contributed by atoms with van der Waals surface area (Å²) in [6.45, 7) is 0. The van der Waals surface area contributed by atoms with Crippen LogP contribution in [0, 0.1) is 0 Å². The normalized spacial score (nSPS) is 15.1. The first-order valence-electron chi connectivity index (χ1n) is 27.4. The molecule has 0 aliphatic carbocycles. The quantitative estimate of drug-likeness (QED) is 0.167. The minimum atomic E-state index is -0.759. The molecule has 0 saturated heterocycles. The Morgan fingerprint density at radius 2 is 1.08 bits per heavy atom. The fraction of sp³-hybridized carbons (Fsp3) is 0. The van der Waals surface area contributed by atoms with E-state index in [-0.39, 0.29) is 78.5 Å². The molecule has 0 unspecified atom stereocenters. The van der Waals surface area contributed by atoms with Gasteiger partial charge in [0.2, 0.25) is 0 Å². The second kappa shape index (κ2) is 14.0. The van der Waals surface area contributed by atoms with E-state index in [9.17, 15) is 6.85 Å². The van der Waals surface area contributed by atoms with Gasteiger partial charge in [0, 0.05) is 43.6 Å². The second-order valence-electron chi connectivity index (χ2n) is 14.8. The van der Waals surface area contributed by atoms with Crippen molar-refractivity contribution in [2.24, 2.45) is 0 Å². The molecule has 6 nitrogen and oxygen atoms in total. The number of rotatable bonds is 6. The van der Waals surface area contributed by atoms with Gasteiger partial charge in [-0.15, -0.1) is 0 Å². The first kappa shape index (κ1) is 23.4. The zero-order valence-corrected chi connectivity index (χ0v) is 32.6. The third kappa shape index (κ3) is 5.69. The highest BCUT2D eigenvalue weighted by Crippen LogP contribution is 2.42. The van der Waals surface area contributed by atoms with Gasteiger partial charge in [-0.1, -0.05) is 151 Å². The monoisotopic (exact) mass is 821 g/mol. The van der Waals surface area contributed by atoms with Gasteiger partial charge in [0.25, 0.3) is 0 Å². The second-order valence-corrected chi connectivity index (χ2v) is 14.8. The molecule has 4 aromatic heterocycles. The lowest BCUT2D eigenvalue weighted by Crippen LogP contribution is -2.00. The molecule has 0 radical (unpaired) electrons. The van der Waals surface area contributed by atoms with Gasteiger partial charge in [-0.05, 0) is 76.8 Å². The van der Waals surface area contributed by atoms with E-state index < -0.39 is 95.7 Å². The van der Waals surface area contributed by atoms with Gasteiger partial charge < -0.3 is 13.4 Å². The number of benzene rings is 9. The Morgan fingerprint density at radius 1 is 0.381 bits per heavy atom. The average Bonchev–Trinajstić information content (AvgIpc) is 3.76. The molecule has 6 heteroatoms. The average molecular weight is 822 g/mol. The zero-order valence-electron chi connectivity index (χ0n) is 47.6. The third-order valence-electron chi connectivity index (χ3n) is 11.2. The maximum atomic E-state index is 9.79. The van der Waals surface area contributed by atoms with Crippen molar-refractivity contribution < 1.29 is 29.4 Å². The molecule has 13 rings (SSSR count). The standard InChI is InChI=1S/C57H34N4O2/c1-4-14-35(15-5-1)38-26-29-43-42-20-10-11-22-46(42)61(48(43)32-38)47-23-13-25-50-54(47)45-31-28-40(34-52(45)63-50)57-59-55(37-18-8-3-9-19-37)58-56(60-57)39-27-30-44-51(33-39)62-49-24-12-21-41(53(44)49)36-16-6-2-7-17-36/h1-34H/i1D,4D,5D,10D,11D,13D,14D,15D,20D,23D,25D,26D,29D,32D,34D. The van der Waals surface area contributed by atoms with Crippen LogP contribution in [0.4, 0.5) is 0 Å². The summed E-state index contributed by atoms with van der Waals surface area (Å²) in [5.74, 6) is 0.613. The number of fused-ring (bicyclic) bond motifs is 9. The van der Waals surface area contributed by atoms with E-state index in [4.69, 9.17) is 37.5 Å². The van der Waals surface area contributed by atoms with Crippen LogP contribution < -0.4 is 0 Å². The van der Waals surface area contributed by atoms with E-state index in [2.05, 4.69) is 0 Å². The Hall–Kier alpha value is -8.61. The molecule has 0 atom stereocenters. The topological polar surface area (TPSA) is 69.9 Å². The summed E-state index contributed by atoms with van der Waals surface area (Å²) < 4.78 is 149. The van der Waals surface area contributed by atoms with Crippen LogP contribution in [0.15, 0.2) is 215 Å². The predicted molar refractivity (Wildman–Crippen MR) is 256 cm³/mol. The Morgan fingerprint density at radius 3 is 1.90 bits per heavy atom. The van der Waals surface area contributed by atoms with Gasteiger partial charge in [0.15, 0.2) is 17.5 Å². The molecule has 13 aromatic rings. The molecule has 0 spiro atoms. The summed E-state index contributed by atoms with van der Waals surface area (Å²) >= 11 is 0. The number of nitrogens with zero attached hydrogens (tertiary/aromatic N) is 4. The molecule has 0 aliphatic heterocycles. The number of aromatic nitrogens is 4. The fourth-order valence-electron chi connectivity index (χ4n) is 8.33. The van der Waals surface area contributed by atoms with Gasteiger partial charge in [0.05, 0.1) is 42.7 Å². The van der Waals surface area contributed by atoms with E-state index >= 15 is 0 Å². The van der Waals surface area contributed by atoms with E-state index in [0.29, 0.717) is 22.3 Å². The van der Waals surface area contributed by atoms with Crippen LogP contribution in [0.25, 0.3) is 128 Å². The SMILES string of the molecule is [2H]c1cc2c(c([2H])c1[2H])c1c([2H])c([2H])c(-c3c([2H])c([2H])c([2H])c([2H])c3[2H])c([2H])c1n2-c1c([2H])c([2H])c([2H])c2oc3c([2H])c(-c4nc(-c5ccccc5)nc(-c5ccc6c(c5)oc5cccc(-c7ccccc7)c56)n4)ccc3c12. The summed E-state index contributed by atoms with van der Waals surface area (Å²) in [6.07, 6.45) is 0. The molecule has 0 bridgehead atoms.